The molecule has 12 heteroatoms. The fraction of sp³-hybridized carbons (Fsp3) is 0.682. The van der Waals surface area contributed by atoms with Crippen molar-refractivity contribution < 1.29 is 52.9 Å². The van der Waals surface area contributed by atoms with Crippen LogP contribution >= 0.6 is 7.82 Å². The molecule has 0 saturated carbocycles. The van der Waals surface area contributed by atoms with Crippen molar-refractivity contribution in [2.45, 2.75) is 167 Å². The molecule has 0 aromatic rings. The number of allylic oxidation sites excluding steroid dienone is 11. The maximum atomic E-state index is 12.6. The van der Waals surface area contributed by atoms with Gasteiger partial charge >= 0.3 is 19.8 Å². The predicted octanol–water partition coefficient (Wildman–Crippen LogP) is 9.86. The Morgan fingerprint density at radius 1 is 0.571 bits per heavy atom. The van der Waals surface area contributed by atoms with Crippen LogP contribution < -0.4 is 0 Å². The van der Waals surface area contributed by atoms with Gasteiger partial charge in [0.05, 0.1) is 25.9 Å². The van der Waals surface area contributed by atoms with Crippen LogP contribution in [0.25, 0.3) is 0 Å². The van der Waals surface area contributed by atoms with Crippen LogP contribution in [0.1, 0.15) is 149 Å². The first-order valence-corrected chi connectivity index (χ1v) is 22.5. The lowest BCUT2D eigenvalue weighted by molar-refractivity contribution is -0.161. The molecule has 0 aliphatic rings. The zero-order valence-electron chi connectivity index (χ0n) is 34.4. The molecule has 0 saturated heterocycles. The number of aliphatic hydroxyl groups excluding tert-OH is 3. The molecule has 4 N–H and O–H groups in total. The summed E-state index contributed by atoms with van der Waals surface area (Å²) in [4.78, 5) is 34.9. The van der Waals surface area contributed by atoms with Gasteiger partial charge in [-0.2, -0.15) is 0 Å². The second-order valence-corrected chi connectivity index (χ2v) is 15.3. The van der Waals surface area contributed by atoms with Crippen LogP contribution in [0.2, 0.25) is 0 Å². The van der Waals surface area contributed by atoms with E-state index in [9.17, 15) is 29.3 Å². The average Bonchev–Trinajstić information content (AvgIpc) is 3.18. The van der Waals surface area contributed by atoms with E-state index in [0.29, 0.717) is 25.7 Å². The van der Waals surface area contributed by atoms with Gasteiger partial charge in [0.15, 0.2) is 6.10 Å². The SMILES string of the molecule is CCCCC/C=C\C/C=C\CCCCCCCC(=O)OC[C@H](COP(=O)(O)OC[C@@H](O)CO)OC(=O)CCC/C=C\C/C=C\C/C=C\C/C=C\CC(O)CCC. The predicted molar refractivity (Wildman–Crippen MR) is 225 cm³/mol. The lowest BCUT2D eigenvalue weighted by Gasteiger charge is -2.20. The summed E-state index contributed by atoms with van der Waals surface area (Å²) in [7, 11) is -4.65. The summed E-state index contributed by atoms with van der Waals surface area (Å²) in [6, 6.07) is 0. The van der Waals surface area contributed by atoms with Gasteiger partial charge in [-0.1, -0.05) is 125 Å². The van der Waals surface area contributed by atoms with E-state index in [1.807, 2.05) is 18.2 Å². The number of hydrogen-bond donors (Lipinski definition) is 4. The molecule has 2 unspecified atom stereocenters. The number of hydrogen-bond acceptors (Lipinski definition) is 10. The Hall–Kier alpha value is -2.63. The molecule has 11 nitrogen and oxygen atoms in total. The van der Waals surface area contributed by atoms with Crippen LogP contribution in [0, 0.1) is 0 Å². The highest BCUT2D eigenvalue weighted by molar-refractivity contribution is 7.47. The van der Waals surface area contributed by atoms with Crippen LogP contribution in [0.5, 0.6) is 0 Å². The van der Waals surface area contributed by atoms with E-state index in [4.69, 9.17) is 19.1 Å². The Balaban J connectivity index is 4.48. The Morgan fingerprint density at radius 2 is 1.07 bits per heavy atom. The molecule has 56 heavy (non-hydrogen) atoms. The number of phosphoric ester groups is 1. The number of carbonyl (C=O) groups excluding carboxylic acids is 2. The number of aliphatic hydroxyl groups is 3. The Morgan fingerprint density at radius 3 is 1.66 bits per heavy atom. The standard InChI is InChI=1S/C44H75O11P/c1-3-5-6-7-8-9-10-11-12-15-18-21-24-27-30-34-43(48)52-38-42(39-54-56(50,51)53-37-41(47)36-45)55-44(49)35-31-28-25-22-19-16-13-14-17-20-23-26-29-33-40(46)32-4-2/h8-9,11-13,16-17,20,22,25-26,29,40-42,45-47H,3-7,10,14-15,18-19,21,23-24,27-28,30-39H2,1-2H3,(H,50,51)/b9-8-,12-11-,16-13-,20-17-,25-22-,29-26-/t40?,41-,42+/m0/s1. The van der Waals surface area contributed by atoms with Crippen molar-refractivity contribution >= 4 is 19.8 Å². The number of unbranched alkanes of at least 4 members (excludes halogenated alkanes) is 9. The normalized spacial score (nSPS) is 15.2. The van der Waals surface area contributed by atoms with E-state index in [0.717, 1.165) is 77.0 Å². The molecular weight excluding hydrogens is 735 g/mol. The van der Waals surface area contributed by atoms with Gasteiger partial charge in [0, 0.05) is 12.8 Å². The molecule has 0 aromatic heterocycles. The van der Waals surface area contributed by atoms with Crippen molar-refractivity contribution in [3.63, 3.8) is 0 Å². The molecule has 0 aromatic carbocycles. The minimum atomic E-state index is -4.65. The van der Waals surface area contributed by atoms with E-state index in [1.165, 1.54) is 19.3 Å². The Kier molecular flexibility index (Phi) is 37.4. The maximum absolute atomic E-state index is 12.6. The summed E-state index contributed by atoms with van der Waals surface area (Å²) in [5, 5.41) is 28.0. The molecule has 0 heterocycles. The summed E-state index contributed by atoms with van der Waals surface area (Å²) in [6.07, 6.45) is 40.8. The fourth-order valence-electron chi connectivity index (χ4n) is 5.15. The topological polar surface area (TPSA) is 169 Å². The van der Waals surface area contributed by atoms with Gasteiger partial charge in [-0.3, -0.25) is 18.6 Å². The fourth-order valence-corrected chi connectivity index (χ4v) is 5.94. The molecule has 322 valence electrons. The maximum Gasteiger partial charge on any atom is 0.472 e. The third kappa shape index (κ3) is 38.3. The molecule has 0 rings (SSSR count). The van der Waals surface area contributed by atoms with Gasteiger partial charge in [-0.25, -0.2) is 4.57 Å². The summed E-state index contributed by atoms with van der Waals surface area (Å²) < 4.78 is 32.6. The quantitative estimate of drug-likeness (QED) is 0.0203. The van der Waals surface area contributed by atoms with Crippen molar-refractivity contribution in [2.24, 2.45) is 0 Å². The van der Waals surface area contributed by atoms with Crippen LogP contribution in [0.15, 0.2) is 72.9 Å². The van der Waals surface area contributed by atoms with E-state index >= 15 is 0 Å². The van der Waals surface area contributed by atoms with Crippen LogP contribution in [-0.4, -0.2) is 76.9 Å². The summed E-state index contributed by atoms with van der Waals surface area (Å²) in [6.45, 7) is 2.04. The highest BCUT2D eigenvalue weighted by atomic mass is 31.2. The molecule has 0 fully saturated rings. The number of ether oxygens (including phenoxy) is 2. The summed E-state index contributed by atoms with van der Waals surface area (Å²) in [5.74, 6) is -1.03. The third-order valence-electron chi connectivity index (χ3n) is 8.39. The van der Waals surface area contributed by atoms with Crippen molar-refractivity contribution in [3.05, 3.63) is 72.9 Å². The number of carbonyl (C=O) groups is 2. The molecule has 0 aliphatic heterocycles. The van der Waals surface area contributed by atoms with Gasteiger partial charge < -0.3 is 29.7 Å². The summed E-state index contributed by atoms with van der Waals surface area (Å²) in [5.41, 5.74) is 0. The van der Waals surface area contributed by atoms with E-state index in [2.05, 4.69) is 73.1 Å². The van der Waals surface area contributed by atoms with E-state index < -0.39 is 51.8 Å². The zero-order valence-corrected chi connectivity index (χ0v) is 35.3. The monoisotopic (exact) mass is 811 g/mol. The van der Waals surface area contributed by atoms with Crippen molar-refractivity contribution in [1.82, 2.24) is 0 Å². The van der Waals surface area contributed by atoms with Crippen molar-refractivity contribution in [3.8, 4) is 0 Å². The lowest BCUT2D eigenvalue weighted by Crippen LogP contribution is -2.29. The van der Waals surface area contributed by atoms with E-state index in [-0.39, 0.29) is 25.6 Å². The van der Waals surface area contributed by atoms with Gasteiger partial charge in [-0.05, 0) is 83.5 Å². The third-order valence-corrected chi connectivity index (χ3v) is 9.34. The minimum absolute atomic E-state index is 0.0867. The molecule has 0 bridgehead atoms. The Labute approximate surface area is 338 Å². The zero-order chi connectivity index (χ0) is 41.4. The van der Waals surface area contributed by atoms with Gasteiger partial charge in [0.1, 0.15) is 12.7 Å². The first-order valence-electron chi connectivity index (χ1n) is 21.0. The number of rotatable bonds is 38. The molecule has 0 amide bonds. The molecule has 0 radical (unpaired) electrons. The van der Waals surface area contributed by atoms with Gasteiger partial charge in [-0.15, -0.1) is 0 Å². The first kappa shape index (κ1) is 53.4. The minimum Gasteiger partial charge on any atom is -0.462 e. The smallest absolute Gasteiger partial charge is 0.462 e. The van der Waals surface area contributed by atoms with Crippen LogP contribution in [0.3, 0.4) is 0 Å². The van der Waals surface area contributed by atoms with Gasteiger partial charge in [0.25, 0.3) is 0 Å². The molecule has 0 aliphatic carbocycles. The van der Waals surface area contributed by atoms with Crippen molar-refractivity contribution in [2.75, 3.05) is 26.4 Å². The highest BCUT2D eigenvalue weighted by Gasteiger charge is 2.27. The van der Waals surface area contributed by atoms with Crippen molar-refractivity contribution in [1.29, 1.82) is 0 Å². The van der Waals surface area contributed by atoms with Gasteiger partial charge in [0.2, 0.25) is 0 Å². The Bertz CT molecular complexity index is 1180. The number of esters is 2. The highest BCUT2D eigenvalue weighted by Crippen LogP contribution is 2.43. The largest absolute Gasteiger partial charge is 0.472 e. The van der Waals surface area contributed by atoms with E-state index in [1.54, 1.807) is 0 Å². The lowest BCUT2D eigenvalue weighted by atomic mass is 10.1. The average molecular weight is 811 g/mol. The molecule has 4 atom stereocenters. The second-order valence-electron chi connectivity index (χ2n) is 13.8. The summed E-state index contributed by atoms with van der Waals surface area (Å²) >= 11 is 0. The second kappa shape index (κ2) is 39.2. The molecule has 0 spiro atoms. The number of phosphoric acid groups is 1. The first-order chi connectivity index (χ1) is 27.1. The van der Waals surface area contributed by atoms with Crippen LogP contribution in [0.4, 0.5) is 0 Å². The molecular formula is C44H75O11P. The van der Waals surface area contributed by atoms with Crippen LogP contribution in [-0.2, 0) is 32.7 Å².